The summed E-state index contributed by atoms with van der Waals surface area (Å²) in [4.78, 5) is 28.6. The van der Waals surface area contributed by atoms with Crippen LogP contribution in [0.2, 0.25) is 0 Å². The molecular formula is C21H30N2O2S2. The third-order valence-corrected chi connectivity index (χ3v) is 8.24. The number of nitrogens with zero attached hydrogens (tertiary/aromatic N) is 2. The molecule has 148 valence electrons. The summed E-state index contributed by atoms with van der Waals surface area (Å²) in [6.07, 6.45) is 4.69. The van der Waals surface area contributed by atoms with E-state index in [0.29, 0.717) is 0 Å². The second kappa shape index (κ2) is 8.91. The number of carbonyl (C=O) groups is 2. The normalized spacial score (nSPS) is 28.4. The van der Waals surface area contributed by atoms with E-state index in [1.165, 1.54) is 24.8 Å². The zero-order valence-corrected chi connectivity index (χ0v) is 18.3. The topological polar surface area (TPSA) is 40.6 Å². The van der Waals surface area contributed by atoms with E-state index in [0.717, 1.165) is 18.5 Å². The molecule has 4 unspecified atom stereocenters. The summed E-state index contributed by atoms with van der Waals surface area (Å²) in [6, 6.07) is 8.52. The predicted octanol–water partition coefficient (Wildman–Crippen LogP) is 4.82. The smallest absolute Gasteiger partial charge is 0.236 e. The van der Waals surface area contributed by atoms with Crippen molar-refractivity contribution in [2.24, 2.45) is 0 Å². The minimum absolute atomic E-state index is 0.0159. The van der Waals surface area contributed by atoms with Crippen LogP contribution in [-0.2, 0) is 9.59 Å². The van der Waals surface area contributed by atoms with Gasteiger partial charge in [-0.2, -0.15) is 0 Å². The third kappa shape index (κ3) is 4.32. The lowest BCUT2D eigenvalue weighted by Gasteiger charge is -2.25. The molecule has 2 aliphatic rings. The zero-order valence-electron chi connectivity index (χ0n) is 16.7. The number of hydrogen-bond donors (Lipinski definition) is 0. The summed E-state index contributed by atoms with van der Waals surface area (Å²) in [5.74, 6) is 0.453. The van der Waals surface area contributed by atoms with Crippen molar-refractivity contribution in [1.29, 1.82) is 0 Å². The van der Waals surface area contributed by atoms with Crippen molar-refractivity contribution < 1.29 is 9.59 Å². The largest absolute Gasteiger partial charge is 0.329 e. The first-order valence-corrected chi connectivity index (χ1v) is 11.8. The Balaban J connectivity index is 1.71. The maximum atomic E-state index is 12.6. The molecule has 0 bridgehead atoms. The summed E-state index contributed by atoms with van der Waals surface area (Å²) in [5.41, 5.74) is 2.34. The standard InChI is InChI=1S/C21H30N2O2S2/c1-5-6-7-8-13-23-19(25)15(3)27-21(23)17-11-9-16(10-12-17)20-22(4)18(24)14(2)26-20/h9-12,14-15,20-21H,5-8,13H2,1-4H3. The van der Waals surface area contributed by atoms with Crippen molar-refractivity contribution in [3.63, 3.8) is 0 Å². The van der Waals surface area contributed by atoms with E-state index in [1.54, 1.807) is 23.5 Å². The zero-order chi connectivity index (χ0) is 19.6. The van der Waals surface area contributed by atoms with Gasteiger partial charge in [-0.05, 0) is 31.4 Å². The van der Waals surface area contributed by atoms with Gasteiger partial charge in [-0.15, -0.1) is 23.5 Å². The fraction of sp³-hybridized carbons (Fsp3) is 0.619. The molecular weight excluding hydrogens is 376 g/mol. The highest BCUT2D eigenvalue weighted by molar-refractivity contribution is 8.01. The van der Waals surface area contributed by atoms with Crippen LogP contribution in [0.25, 0.3) is 0 Å². The van der Waals surface area contributed by atoms with Gasteiger partial charge in [-0.1, -0.05) is 50.5 Å². The maximum Gasteiger partial charge on any atom is 0.236 e. The number of thioether (sulfide) groups is 2. The van der Waals surface area contributed by atoms with Crippen LogP contribution in [0.5, 0.6) is 0 Å². The lowest BCUT2D eigenvalue weighted by atomic mass is 10.1. The van der Waals surface area contributed by atoms with E-state index in [4.69, 9.17) is 0 Å². The molecule has 27 heavy (non-hydrogen) atoms. The molecule has 1 aromatic rings. The summed E-state index contributed by atoms with van der Waals surface area (Å²) in [7, 11) is 1.88. The Morgan fingerprint density at radius 2 is 1.41 bits per heavy atom. The van der Waals surface area contributed by atoms with Gasteiger partial charge in [0.2, 0.25) is 11.8 Å². The Morgan fingerprint density at radius 1 is 0.852 bits per heavy atom. The Bertz CT molecular complexity index is 679. The molecule has 0 aromatic heterocycles. The Morgan fingerprint density at radius 3 is 1.96 bits per heavy atom. The molecule has 4 nitrogen and oxygen atoms in total. The van der Waals surface area contributed by atoms with Crippen LogP contribution in [0.1, 0.15) is 68.3 Å². The van der Waals surface area contributed by atoms with E-state index >= 15 is 0 Å². The van der Waals surface area contributed by atoms with E-state index in [1.807, 2.05) is 25.8 Å². The van der Waals surface area contributed by atoms with Gasteiger partial charge in [0.05, 0.1) is 10.5 Å². The van der Waals surface area contributed by atoms with Crippen LogP contribution in [0.4, 0.5) is 0 Å². The number of unbranched alkanes of at least 4 members (excludes halogenated alkanes) is 3. The van der Waals surface area contributed by atoms with Crippen LogP contribution < -0.4 is 0 Å². The third-order valence-electron chi connectivity index (χ3n) is 5.39. The second-order valence-corrected chi connectivity index (χ2v) is 10.3. The lowest BCUT2D eigenvalue weighted by Crippen LogP contribution is -2.31. The molecule has 0 aliphatic carbocycles. The van der Waals surface area contributed by atoms with Gasteiger partial charge < -0.3 is 9.80 Å². The van der Waals surface area contributed by atoms with Gasteiger partial charge in [0.25, 0.3) is 0 Å². The maximum absolute atomic E-state index is 12.6. The quantitative estimate of drug-likeness (QED) is 0.609. The predicted molar refractivity (Wildman–Crippen MR) is 115 cm³/mol. The van der Waals surface area contributed by atoms with Gasteiger partial charge >= 0.3 is 0 Å². The van der Waals surface area contributed by atoms with Gasteiger partial charge in [0.15, 0.2) is 0 Å². The van der Waals surface area contributed by atoms with Crippen molar-refractivity contribution in [3.05, 3.63) is 35.4 Å². The van der Waals surface area contributed by atoms with Crippen molar-refractivity contribution in [2.75, 3.05) is 13.6 Å². The minimum atomic E-state index is 0.0159. The van der Waals surface area contributed by atoms with Gasteiger partial charge in [0.1, 0.15) is 10.7 Å². The number of rotatable bonds is 7. The molecule has 4 atom stereocenters. The summed E-state index contributed by atoms with van der Waals surface area (Å²) in [6.45, 7) is 7.03. The Hall–Kier alpha value is -1.14. The Kier molecular flexibility index (Phi) is 6.79. The Labute approximate surface area is 171 Å². The molecule has 6 heteroatoms. The van der Waals surface area contributed by atoms with Crippen molar-refractivity contribution >= 4 is 35.3 Å². The molecule has 2 saturated heterocycles. The summed E-state index contributed by atoms with van der Waals surface area (Å²) < 4.78 is 0. The highest BCUT2D eigenvalue weighted by Gasteiger charge is 2.39. The van der Waals surface area contributed by atoms with Crippen LogP contribution in [-0.4, -0.2) is 45.7 Å². The SMILES string of the molecule is CCCCCCN1C(=O)C(C)SC1c1ccc(C2SC(C)C(=O)N2C)cc1. The van der Waals surface area contributed by atoms with Crippen LogP contribution >= 0.6 is 23.5 Å². The van der Waals surface area contributed by atoms with Crippen LogP contribution in [0, 0.1) is 0 Å². The van der Waals surface area contributed by atoms with Crippen molar-refractivity contribution in [3.8, 4) is 0 Å². The molecule has 2 amide bonds. The molecule has 3 rings (SSSR count). The first-order valence-electron chi connectivity index (χ1n) is 9.92. The van der Waals surface area contributed by atoms with E-state index in [9.17, 15) is 9.59 Å². The monoisotopic (exact) mass is 406 g/mol. The number of benzene rings is 1. The lowest BCUT2D eigenvalue weighted by molar-refractivity contribution is -0.130. The van der Waals surface area contributed by atoms with Gasteiger partial charge in [-0.3, -0.25) is 9.59 Å². The molecule has 0 radical (unpaired) electrons. The highest BCUT2D eigenvalue weighted by Crippen LogP contribution is 2.45. The molecule has 1 aromatic carbocycles. The fourth-order valence-corrected chi connectivity index (χ4v) is 6.32. The van der Waals surface area contributed by atoms with E-state index < -0.39 is 0 Å². The van der Waals surface area contributed by atoms with E-state index in [2.05, 4.69) is 36.1 Å². The van der Waals surface area contributed by atoms with Crippen molar-refractivity contribution in [1.82, 2.24) is 9.80 Å². The second-order valence-electron chi connectivity index (χ2n) is 7.47. The first kappa shape index (κ1) is 20.6. The number of carbonyl (C=O) groups excluding carboxylic acids is 2. The summed E-state index contributed by atoms with van der Waals surface area (Å²) in [5, 5.41) is 0.235. The van der Waals surface area contributed by atoms with Crippen LogP contribution in [0.3, 0.4) is 0 Å². The van der Waals surface area contributed by atoms with Crippen molar-refractivity contribution in [2.45, 2.75) is 67.7 Å². The number of amides is 2. The molecule has 0 spiro atoms. The summed E-state index contributed by atoms with van der Waals surface area (Å²) >= 11 is 3.44. The number of hydrogen-bond acceptors (Lipinski definition) is 4. The molecule has 0 N–H and O–H groups in total. The molecule has 2 aliphatic heterocycles. The van der Waals surface area contributed by atoms with Gasteiger partial charge in [0, 0.05) is 13.6 Å². The average molecular weight is 407 g/mol. The molecule has 2 fully saturated rings. The van der Waals surface area contributed by atoms with E-state index in [-0.39, 0.29) is 33.1 Å². The highest BCUT2D eigenvalue weighted by atomic mass is 32.2. The van der Waals surface area contributed by atoms with Crippen LogP contribution in [0.15, 0.2) is 24.3 Å². The molecule has 2 heterocycles. The first-order chi connectivity index (χ1) is 12.9. The van der Waals surface area contributed by atoms with Gasteiger partial charge in [-0.25, -0.2) is 0 Å². The molecule has 0 saturated carbocycles. The fourth-order valence-electron chi connectivity index (χ4n) is 3.74. The average Bonchev–Trinajstić information content (AvgIpc) is 3.10. The minimum Gasteiger partial charge on any atom is -0.329 e.